The number of nitrogens with zero attached hydrogens (tertiary/aromatic N) is 1. The molecule has 2 rings (SSSR count). The highest BCUT2D eigenvalue weighted by Crippen LogP contribution is 2.34. The van der Waals surface area contributed by atoms with E-state index in [0.717, 1.165) is 12.8 Å². The van der Waals surface area contributed by atoms with Gasteiger partial charge in [-0.3, -0.25) is 4.79 Å². The summed E-state index contributed by atoms with van der Waals surface area (Å²) in [5.41, 5.74) is 6.34. The minimum atomic E-state index is -0.0957. The zero-order valence-electron chi connectivity index (χ0n) is 10.7. The van der Waals surface area contributed by atoms with E-state index in [1.54, 1.807) is 17.0 Å². The number of ether oxygens (including phenoxy) is 1. The van der Waals surface area contributed by atoms with E-state index in [9.17, 15) is 4.79 Å². The topological polar surface area (TPSA) is 55.6 Å². The molecule has 1 aromatic carbocycles. The highest BCUT2D eigenvalue weighted by atomic mass is 35.5. The normalized spacial score (nSPS) is 19.4. The average molecular weight is 303 g/mol. The number of hydrogen-bond acceptors (Lipinski definition) is 3. The summed E-state index contributed by atoms with van der Waals surface area (Å²) < 4.78 is 5.06. The van der Waals surface area contributed by atoms with Crippen LogP contribution < -0.4 is 10.5 Å². The third-order valence-corrected chi connectivity index (χ3v) is 3.76. The molecule has 0 aromatic heterocycles. The van der Waals surface area contributed by atoms with Crippen molar-refractivity contribution in [2.24, 2.45) is 5.73 Å². The van der Waals surface area contributed by atoms with Crippen LogP contribution in [0.2, 0.25) is 10.0 Å². The number of carbonyl (C=O) groups excluding carboxylic acids is 1. The summed E-state index contributed by atoms with van der Waals surface area (Å²) in [7, 11) is 1.48. The third kappa shape index (κ3) is 3.14. The van der Waals surface area contributed by atoms with Gasteiger partial charge in [-0.25, -0.2) is 0 Å². The molecule has 1 atom stereocenters. The molecule has 0 bridgehead atoms. The SMILES string of the molecule is COc1c(Cl)cc(C(=O)N2CCC[C@@H](N)C2)cc1Cl. The van der Waals surface area contributed by atoms with Crippen molar-refractivity contribution in [2.45, 2.75) is 18.9 Å². The Hall–Kier alpha value is -0.970. The summed E-state index contributed by atoms with van der Waals surface area (Å²) in [6.07, 6.45) is 1.87. The van der Waals surface area contributed by atoms with Crippen LogP contribution in [-0.2, 0) is 0 Å². The van der Waals surface area contributed by atoms with E-state index in [1.807, 2.05) is 0 Å². The predicted molar refractivity (Wildman–Crippen MR) is 76.1 cm³/mol. The summed E-state index contributed by atoms with van der Waals surface area (Å²) in [5.74, 6) is 0.289. The van der Waals surface area contributed by atoms with Crippen molar-refractivity contribution in [1.82, 2.24) is 4.90 Å². The largest absolute Gasteiger partial charge is 0.494 e. The van der Waals surface area contributed by atoms with Gasteiger partial charge >= 0.3 is 0 Å². The number of carbonyl (C=O) groups is 1. The van der Waals surface area contributed by atoms with Crippen LogP contribution >= 0.6 is 23.2 Å². The van der Waals surface area contributed by atoms with Gasteiger partial charge in [0, 0.05) is 24.7 Å². The molecule has 1 heterocycles. The molecular weight excluding hydrogens is 287 g/mol. The van der Waals surface area contributed by atoms with Gasteiger partial charge in [0.25, 0.3) is 5.91 Å². The molecule has 0 unspecified atom stereocenters. The van der Waals surface area contributed by atoms with E-state index in [0.29, 0.717) is 34.4 Å². The minimum absolute atomic E-state index is 0.0434. The number of likely N-dealkylation sites (tertiary alicyclic amines) is 1. The molecular formula is C13H16Cl2N2O2. The molecule has 0 spiro atoms. The van der Waals surface area contributed by atoms with Crippen LogP contribution in [0.4, 0.5) is 0 Å². The molecule has 104 valence electrons. The van der Waals surface area contributed by atoms with Gasteiger partial charge in [-0.05, 0) is 25.0 Å². The van der Waals surface area contributed by atoms with Gasteiger partial charge in [0.2, 0.25) is 0 Å². The van der Waals surface area contributed by atoms with Crippen molar-refractivity contribution in [3.05, 3.63) is 27.7 Å². The zero-order chi connectivity index (χ0) is 14.0. The number of hydrogen-bond donors (Lipinski definition) is 1. The first-order valence-corrected chi connectivity index (χ1v) is 6.86. The molecule has 1 aliphatic heterocycles. The van der Waals surface area contributed by atoms with E-state index in [4.69, 9.17) is 33.7 Å². The van der Waals surface area contributed by atoms with E-state index >= 15 is 0 Å². The molecule has 19 heavy (non-hydrogen) atoms. The molecule has 4 nitrogen and oxygen atoms in total. The smallest absolute Gasteiger partial charge is 0.254 e. The Morgan fingerprint density at radius 1 is 1.42 bits per heavy atom. The summed E-state index contributed by atoms with van der Waals surface area (Å²) in [5, 5.41) is 0.666. The van der Waals surface area contributed by atoms with Crippen molar-refractivity contribution >= 4 is 29.1 Å². The number of halogens is 2. The van der Waals surface area contributed by atoms with Gasteiger partial charge < -0.3 is 15.4 Å². The lowest BCUT2D eigenvalue weighted by Crippen LogP contribution is -2.45. The van der Waals surface area contributed by atoms with Crippen molar-refractivity contribution < 1.29 is 9.53 Å². The highest BCUT2D eigenvalue weighted by Gasteiger charge is 2.23. The highest BCUT2D eigenvalue weighted by molar-refractivity contribution is 6.37. The van der Waals surface area contributed by atoms with Crippen LogP contribution in [0.5, 0.6) is 5.75 Å². The lowest BCUT2D eigenvalue weighted by atomic mass is 10.1. The Morgan fingerprint density at radius 2 is 2.05 bits per heavy atom. The van der Waals surface area contributed by atoms with E-state index in [1.165, 1.54) is 7.11 Å². The number of nitrogens with two attached hydrogens (primary N) is 1. The van der Waals surface area contributed by atoms with E-state index < -0.39 is 0 Å². The molecule has 1 aliphatic rings. The summed E-state index contributed by atoms with van der Waals surface area (Å²) in [6.45, 7) is 1.29. The van der Waals surface area contributed by atoms with Crippen LogP contribution in [0, 0.1) is 0 Å². The number of benzene rings is 1. The fraction of sp³-hybridized carbons (Fsp3) is 0.462. The molecule has 0 saturated carbocycles. The number of amides is 1. The molecule has 6 heteroatoms. The monoisotopic (exact) mass is 302 g/mol. The second-order valence-corrected chi connectivity index (χ2v) is 5.44. The van der Waals surface area contributed by atoms with Gasteiger partial charge in [0.05, 0.1) is 17.2 Å². The fourth-order valence-corrected chi connectivity index (χ4v) is 2.90. The lowest BCUT2D eigenvalue weighted by Gasteiger charge is -2.31. The number of piperidine rings is 1. The maximum atomic E-state index is 12.4. The van der Waals surface area contributed by atoms with Gasteiger partial charge in [0.1, 0.15) is 0 Å². The predicted octanol–water partition coefficient (Wildman–Crippen LogP) is 2.57. The number of methoxy groups -OCH3 is 1. The summed E-state index contributed by atoms with van der Waals surface area (Å²) in [4.78, 5) is 14.1. The first kappa shape index (κ1) is 14.4. The third-order valence-electron chi connectivity index (χ3n) is 3.19. The van der Waals surface area contributed by atoms with Gasteiger partial charge in [-0.2, -0.15) is 0 Å². The Morgan fingerprint density at radius 3 is 2.58 bits per heavy atom. The molecule has 0 radical (unpaired) electrons. The Bertz CT molecular complexity index is 471. The molecule has 1 saturated heterocycles. The second-order valence-electron chi connectivity index (χ2n) is 4.63. The molecule has 2 N–H and O–H groups in total. The summed E-state index contributed by atoms with van der Waals surface area (Å²) >= 11 is 12.1. The molecule has 1 fully saturated rings. The molecule has 1 aromatic rings. The average Bonchev–Trinajstić information content (AvgIpc) is 2.37. The number of rotatable bonds is 2. The standard InChI is InChI=1S/C13H16Cl2N2O2/c1-19-12-10(14)5-8(6-11(12)15)13(18)17-4-2-3-9(16)7-17/h5-6,9H,2-4,7,16H2,1H3/t9-/m1/s1. The van der Waals surface area contributed by atoms with E-state index in [-0.39, 0.29) is 11.9 Å². The Balaban J connectivity index is 2.24. The zero-order valence-corrected chi connectivity index (χ0v) is 12.2. The quantitative estimate of drug-likeness (QED) is 0.913. The van der Waals surface area contributed by atoms with Crippen LogP contribution in [-0.4, -0.2) is 37.0 Å². The maximum absolute atomic E-state index is 12.4. The molecule has 0 aliphatic carbocycles. The van der Waals surface area contributed by atoms with Gasteiger partial charge in [-0.15, -0.1) is 0 Å². The Labute approximate surface area is 122 Å². The fourth-order valence-electron chi connectivity index (χ4n) is 2.26. The van der Waals surface area contributed by atoms with Crippen LogP contribution in [0.1, 0.15) is 23.2 Å². The second kappa shape index (κ2) is 5.99. The lowest BCUT2D eigenvalue weighted by molar-refractivity contribution is 0.0709. The first-order valence-electron chi connectivity index (χ1n) is 6.11. The molecule has 1 amide bonds. The summed E-state index contributed by atoms with van der Waals surface area (Å²) in [6, 6.07) is 3.20. The van der Waals surface area contributed by atoms with Crippen molar-refractivity contribution in [3.63, 3.8) is 0 Å². The Kier molecular flexibility index (Phi) is 4.55. The van der Waals surface area contributed by atoms with Crippen LogP contribution in [0.25, 0.3) is 0 Å². The first-order chi connectivity index (χ1) is 9.02. The van der Waals surface area contributed by atoms with Crippen LogP contribution in [0.3, 0.4) is 0 Å². The van der Waals surface area contributed by atoms with Crippen molar-refractivity contribution in [1.29, 1.82) is 0 Å². The van der Waals surface area contributed by atoms with E-state index in [2.05, 4.69) is 0 Å². The maximum Gasteiger partial charge on any atom is 0.254 e. The minimum Gasteiger partial charge on any atom is -0.494 e. The van der Waals surface area contributed by atoms with Gasteiger partial charge in [-0.1, -0.05) is 23.2 Å². The van der Waals surface area contributed by atoms with Gasteiger partial charge in [0.15, 0.2) is 5.75 Å². The van der Waals surface area contributed by atoms with Crippen LogP contribution in [0.15, 0.2) is 12.1 Å². The van der Waals surface area contributed by atoms with Crippen molar-refractivity contribution in [2.75, 3.05) is 20.2 Å². The van der Waals surface area contributed by atoms with Crippen molar-refractivity contribution in [3.8, 4) is 5.75 Å².